The average Bonchev–Trinajstić information content (AvgIpc) is 2.96. The van der Waals surface area contributed by atoms with Crippen LogP contribution in [0.2, 0.25) is 0 Å². The van der Waals surface area contributed by atoms with E-state index in [1.54, 1.807) is 0 Å². The quantitative estimate of drug-likeness (QED) is 0.711. The van der Waals surface area contributed by atoms with Crippen LogP contribution in [-0.4, -0.2) is 37.8 Å². The molecule has 0 radical (unpaired) electrons. The van der Waals surface area contributed by atoms with Crippen LogP contribution < -0.4 is 4.90 Å². The van der Waals surface area contributed by atoms with Crippen molar-refractivity contribution in [1.82, 2.24) is 24.7 Å². The molecule has 0 N–H and O–H groups in total. The monoisotopic (exact) mass is 348 g/mol. The van der Waals surface area contributed by atoms with Crippen molar-refractivity contribution in [2.45, 2.75) is 51.0 Å². The first-order valence-corrected chi connectivity index (χ1v) is 9.77. The highest BCUT2D eigenvalue weighted by Crippen LogP contribution is 2.30. The van der Waals surface area contributed by atoms with E-state index < -0.39 is 0 Å². The zero-order valence-corrected chi connectivity index (χ0v) is 15.0. The summed E-state index contributed by atoms with van der Waals surface area (Å²) >= 11 is 0. The van der Waals surface area contributed by atoms with Gasteiger partial charge in [-0.2, -0.15) is 0 Å². The van der Waals surface area contributed by atoms with E-state index in [1.807, 2.05) is 30.5 Å². The van der Waals surface area contributed by atoms with Crippen molar-refractivity contribution in [2.75, 3.05) is 18.0 Å². The number of hydrogen-bond acceptors (Lipinski definition) is 5. The molecule has 2 aliphatic heterocycles. The van der Waals surface area contributed by atoms with Gasteiger partial charge in [0.05, 0.1) is 17.2 Å². The van der Waals surface area contributed by atoms with Gasteiger partial charge >= 0.3 is 0 Å². The third-order valence-electron chi connectivity index (χ3n) is 5.68. The summed E-state index contributed by atoms with van der Waals surface area (Å²) in [6, 6.07) is 8.07. The Morgan fingerprint density at radius 2 is 1.85 bits per heavy atom. The first-order valence-electron chi connectivity index (χ1n) is 9.77. The van der Waals surface area contributed by atoms with Gasteiger partial charge in [-0.15, -0.1) is 10.2 Å². The zero-order valence-electron chi connectivity index (χ0n) is 15.0. The summed E-state index contributed by atoms with van der Waals surface area (Å²) in [5, 5.41) is 9.09. The lowest BCUT2D eigenvalue weighted by Crippen LogP contribution is -2.36. The Kier molecular flexibility index (Phi) is 4.03. The summed E-state index contributed by atoms with van der Waals surface area (Å²) in [4.78, 5) is 11.8. The maximum absolute atomic E-state index is 4.84. The van der Waals surface area contributed by atoms with Gasteiger partial charge in [0.25, 0.3) is 0 Å². The smallest absolute Gasteiger partial charge is 0.147 e. The van der Waals surface area contributed by atoms with Crippen molar-refractivity contribution < 1.29 is 0 Å². The Morgan fingerprint density at radius 3 is 2.81 bits per heavy atom. The topological polar surface area (TPSA) is 59.7 Å². The van der Waals surface area contributed by atoms with Gasteiger partial charge < -0.3 is 9.47 Å². The van der Waals surface area contributed by atoms with Crippen LogP contribution in [0.15, 0.2) is 30.5 Å². The highest BCUT2D eigenvalue weighted by molar-refractivity contribution is 5.75. The molecule has 0 aliphatic carbocycles. The summed E-state index contributed by atoms with van der Waals surface area (Å²) in [5.41, 5.74) is 1.91. The number of anilines is 1. The summed E-state index contributed by atoms with van der Waals surface area (Å²) in [6.45, 7) is 3.06. The van der Waals surface area contributed by atoms with E-state index in [0.29, 0.717) is 5.92 Å². The molecule has 2 aromatic heterocycles. The Labute approximate surface area is 153 Å². The van der Waals surface area contributed by atoms with Gasteiger partial charge in [0.2, 0.25) is 0 Å². The normalized spacial score (nSPS) is 20.8. The van der Waals surface area contributed by atoms with E-state index >= 15 is 0 Å². The average molecular weight is 348 g/mol. The largest absolute Gasteiger partial charge is 0.355 e. The molecule has 1 saturated heterocycles. The fourth-order valence-electron chi connectivity index (χ4n) is 4.31. The minimum Gasteiger partial charge on any atom is -0.355 e. The van der Waals surface area contributed by atoms with Crippen LogP contribution in [0.4, 0.5) is 5.82 Å². The Bertz CT molecular complexity index is 918. The van der Waals surface area contributed by atoms with Crippen LogP contribution in [-0.2, 0) is 13.0 Å². The molecule has 1 fully saturated rings. The van der Waals surface area contributed by atoms with Crippen molar-refractivity contribution in [3.63, 3.8) is 0 Å². The van der Waals surface area contributed by atoms with Gasteiger partial charge in [-0.25, -0.2) is 4.98 Å². The van der Waals surface area contributed by atoms with Gasteiger partial charge in [0, 0.05) is 32.0 Å². The molecular weight excluding hydrogens is 324 g/mol. The Morgan fingerprint density at radius 1 is 0.923 bits per heavy atom. The van der Waals surface area contributed by atoms with Crippen LogP contribution in [0.25, 0.3) is 11.0 Å². The van der Waals surface area contributed by atoms with Crippen LogP contribution in [0.1, 0.15) is 49.7 Å². The second kappa shape index (κ2) is 6.67. The van der Waals surface area contributed by atoms with Gasteiger partial charge in [0.15, 0.2) is 0 Å². The highest BCUT2D eigenvalue weighted by Gasteiger charge is 2.28. The Balaban J connectivity index is 1.42. The molecule has 2 aliphatic rings. The molecule has 4 heterocycles. The lowest BCUT2D eigenvalue weighted by molar-refractivity contribution is 0.464. The number of aryl methyl sites for hydroxylation is 1. The molecule has 26 heavy (non-hydrogen) atoms. The number of piperidine rings is 1. The molecule has 3 aromatic rings. The zero-order chi connectivity index (χ0) is 17.3. The van der Waals surface area contributed by atoms with Gasteiger partial charge in [-0.1, -0.05) is 18.6 Å². The van der Waals surface area contributed by atoms with Crippen LogP contribution in [0, 0.1) is 0 Å². The van der Waals surface area contributed by atoms with E-state index in [-0.39, 0.29) is 0 Å². The van der Waals surface area contributed by atoms with Gasteiger partial charge in [-0.3, -0.25) is 4.98 Å². The number of rotatable bonds is 2. The van der Waals surface area contributed by atoms with E-state index in [4.69, 9.17) is 4.98 Å². The maximum atomic E-state index is 4.84. The van der Waals surface area contributed by atoms with Crippen molar-refractivity contribution in [3.05, 3.63) is 42.1 Å². The first kappa shape index (κ1) is 15.7. The van der Waals surface area contributed by atoms with Crippen molar-refractivity contribution in [3.8, 4) is 0 Å². The molecule has 6 nitrogen and oxygen atoms in total. The summed E-state index contributed by atoms with van der Waals surface area (Å²) in [6.07, 6.45) is 9.09. The number of nitrogens with zero attached hydrogens (tertiary/aromatic N) is 6. The maximum Gasteiger partial charge on any atom is 0.147 e. The summed E-state index contributed by atoms with van der Waals surface area (Å²) < 4.78 is 2.40. The molecule has 134 valence electrons. The van der Waals surface area contributed by atoms with Gasteiger partial charge in [0.1, 0.15) is 17.5 Å². The standard InChI is InChI=1S/C20H24N6/c1-2-10-18-23-24-20(26(18)12-5-1)15-7-6-11-25(14-15)19-13-21-16-8-3-4-9-17(16)22-19/h3-4,8-9,13,15H,1-2,5-7,10-12,14H2. The number of aromatic nitrogens is 5. The van der Waals surface area contributed by atoms with Crippen molar-refractivity contribution in [2.24, 2.45) is 0 Å². The van der Waals surface area contributed by atoms with Crippen molar-refractivity contribution in [1.29, 1.82) is 0 Å². The van der Waals surface area contributed by atoms with Gasteiger partial charge in [-0.05, 0) is 37.8 Å². The van der Waals surface area contributed by atoms with Crippen LogP contribution >= 0.6 is 0 Å². The predicted octanol–water partition coefficient (Wildman–Crippen LogP) is 3.33. The third kappa shape index (κ3) is 2.83. The lowest BCUT2D eigenvalue weighted by Gasteiger charge is -2.33. The molecule has 1 atom stereocenters. The van der Waals surface area contributed by atoms with E-state index in [0.717, 1.165) is 49.3 Å². The minimum atomic E-state index is 0.427. The number of para-hydroxylation sites is 2. The molecule has 0 amide bonds. The second-order valence-corrected chi connectivity index (χ2v) is 7.44. The fraction of sp³-hybridized carbons (Fsp3) is 0.500. The number of hydrogen-bond donors (Lipinski definition) is 0. The minimum absolute atomic E-state index is 0.427. The predicted molar refractivity (Wildman–Crippen MR) is 101 cm³/mol. The summed E-state index contributed by atoms with van der Waals surface area (Å²) in [5.74, 6) is 3.76. The van der Waals surface area contributed by atoms with Crippen molar-refractivity contribution >= 4 is 16.9 Å². The highest BCUT2D eigenvalue weighted by atomic mass is 15.3. The molecule has 0 bridgehead atoms. The van der Waals surface area contributed by atoms with E-state index in [2.05, 4.69) is 24.6 Å². The number of fused-ring (bicyclic) bond motifs is 2. The third-order valence-corrected chi connectivity index (χ3v) is 5.68. The Hall–Kier alpha value is -2.50. The second-order valence-electron chi connectivity index (χ2n) is 7.44. The molecule has 0 spiro atoms. The van der Waals surface area contributed by atoms with Crippen LogP contribution in [0.3, 0.4) is 0 Å². The number of benzene rings is 1. The molecule has 6 heteroatoms. The molecule has 1 aromatic carbocycles. The SMILES string of the molecule is c1ccc2nc(N3CCCC(c4nnc5n4CCCCC5)C3)cnc2c1. The molecular formula is C20H24N6. The fourth-order valence-corrected chi connectivity index (χ4v) is 4.31. The van der Waals surface area contributed by atoms with Crippen LogP contribution in [0.5, 0.6) is 0 Å². The van der Waals surface area contributed by atoms with E-state index in [9.17, 15) is 0 Å². The van der Waals surface area contributed by atoms with E-state index in [1.165, 1.54) is 37.3 Å². The lowest BCUT2D eigenvalue weighted by atomic mass is 9.97. The first-order chi connectivity index (χ1) is 12.9. The molecule has 0 saturated carbocycles. The molecule has 1 unspecified atom stereocenters. The summed E-state index contributed by atoms with van der Waals surface area (Å²) in [7, 11) is 0. The molecule has 5 rings (SSSR count).